The van der Waals surface area contributed by atoms with Crippen LogP contribution >= 0.6 is 24.0 Å². The molecular formula is C24H33IN6O. The molecule has 172 valence electrons. The van der Waals surface area contributed by atoms with Crippen LogP contribution in [-0.4, -0.2) is 47.0 Å². The van der Waals surface area contributed by atoms with E-state index in [1.165, 1.54) is 11.1 Å². The molecule has 7 nitrogen and oxygen atoms in total. The molecule has 0 spiro atoms. The molecule has 32 heavy (non-hydrogen) atoms. The van der Waals surface area contributed by atoms with Crippen LogP contribution in [0.15, 0.2) is 65.9 Å². The van der Waals surface area contributed by atoms with E-state index >= 15 is 0 Å². The molecule has 0 saturated carbocycles. The first kappa shape index (κ1) is 25.6. The minimum Gasteiger partial charge on any atom is -0.492 e. The molecule has 0 unspecified atom stereocenters. The van der Waals surface area contributed by atoms with Crippen LogP contribution < -0.4 is 15.4 Å². The number of aryl methyl sites for hydroxylation is 2. The van der Waals surface area contributed by atoms with E-state index in [4.69, 9.17) is 9.73 Å². The monoisotopic (exact) mass is 548 g/mol. The molecule has 0 atom stereocenters. The Hall–Kier alpha value is -2.62. The number of rotatable bonds is 11. The van der Waals surface area contributed by atoms with Crippen molar-refractivity contribution < 1.29 is 4.74 Å². The third-order valence-electron chi connectivity index (χ3n) is 4.85. The highest BCUT2D eigenvalue weighted by atomic mass is 127. The summed E-state index contributed by atoms with van der Waals surface area (Å²) >= 11 is 0. The third kappa shape index (κ3) is 8.86. The molecule has 0 radical (unpaired) electrons. The normalized spacial score (nSPS) is 11.0. The Kier molecular flexibility index (Phi) is 11.6. The van der Waals surface area contributed by atoms with Gasteiger partial charge >= 0.3 is 0 Å². The molecule has 0 fully saturated rings. The highest BCUT2D eigenvalue weighted by Gasteiger charge is 2.03. The second kappa shape index (κ2) is 14.4. The molecule has 3 rings (SSSR count). The van der Waals surface area contributed by atoms with E-state index in [0.717, 1.165) is 43.5 Å². The maximum absolute atomic E-state index is 5.81. The van der Waals surface area contributed by atoms with Gasteiger partial charge in [-0.1, -0.05) is 55.0 Å². The lowest BCUT2D eigenvalue weighted by molar-refractivity contribution is 0.322. The van der Waals surface area contributed by atoms with Crippen molar-refractivity contribution >= 4 is 29.9 Å². The van der Waals surface area contributed by atoms with Crippen molar-refractivity contribution in [3.63, 3.8) is 0 Å². The first-order chi connectivity index (χ1) is 15.2. The van der Waals surface area contributed by atoms with E-state index in [1.807, 2.05) is 18.2 Å². The zero-order valence-electron chi connectivity index (χ0n) is 18.8. The zero-order chi connectivity index (χ0) is 21.7. The van der Waals surface area contributed by atoms with Crippen LogP contribution in [0.1, 0.15) is 23.9 Å². The van der Waals surface area contributed by atoms with Crippen molar-refractivity contribution in [1.29, 1.82) is 0 Å². The minimum atomic E-state index is 0. The number of guanidine groups is 1. The number of halogens is 1. The average Bonchev–Trinajstić information content (AvgIpc) is 3.26. The van der Waals surface area contributed by atoms with Crippen LogP contribution in [0.4, 0.5) is 0 Å². The Morgan fingerprint density at radius 1 is 1.03 bits per heavy atom. The van der Waals surface area contributed by atoms with E-state index < -0.39 is 0 Å². The minimum absolute atomic E-state index is 0. The average molecular weight is 548 g/mol. The zero-order valence-corrected chi connectivity index (χ0v) is 21.2. The first-order valence-corrected chi connectivity index (χ1v) is 10.9. The summed E-state index contributed by atoms with van der Waals surface area (Å²) in [7, 11) is 0. The smallest absolute Gasteiger partial charge is 0.191 e. The second-order valence-corrected chi connectivity index (χ2v) is 7.28. The topological polar surface area (TPSA) is 76.4 Å². The number of benzene rings is 2. The van der Waals surface area contributed by atoms with Gasteiger partial charge in [-0.05, 0) is 31.0 Å². The number of hydrogen-bond donors (Lipinski definition) is 2. The van der Waals surface area contributed by atoms with Gasteiger partial charge in [-0.3, -0.25) is 4.99 Å². The Bertz CT molecular complexity index is 927. The molecular weight excluding hydrogens is 515 g/mol. The molecule has 1 aromatic heterocycles. The largest absolute Gasteiger partial charge is 0.492 e. The summed E-state index contributed by atoms with van der Waals surface area (Å²) in [4.78, 5) is 4.73. The summed E-state index contributed by atoms with van der Waals surface area (Å²) in [5.41, 5.74) is 2.51. The maximum atomic E-state index is 5.81. The van der Waals surface area contributed by atoms with Crippen molar-refractivity contribution in [2.45, 2.75) is 33.2 Å². The Balaban J connectivity index is 0.00000363. The van der Waals surface area contributed by atoms with Crippen molar-refractivity contribution in [3.8, 4) is 5.75 Å². The molecule has 0 aliphatic rings. The van der Waals surface area contributed by atoms with Gasteiger partial charge in [-0.15, -0.1) is 34.2 Å². The number of nitrogens with zero attached hydrogens (tertiary/aromatic N) is 4. The van der Waals surface area contributed by atoms with Crippen LogP contribution in [0.3, 0.4) is 0 Å². The maximum Gasteiger partial charge on any atom is 0.191 e. The van der Waals surface area contributed by atoms with E-state index in [9.17, 15) is 0 Å². The molecule has 0 aliphatic heterocycles. The standard InChI is InChI=1S/C24H32N6O.HI/c1-3-23-29-28-19-30(23)17-15-26-24(25-14-13-21-7-5-4-6-8-21)27-16-18-31-22-11-9-20(2)10-12-22;/h4-12,19H,3,13-18H2,1-2H3,(H2,25,26,27);1H. The van der Waals surface area contributed by atoms with Crippen LogP contribution in [0.5, 0.6) is 5.75 Å². The number of nitrogens with one attached hydrogen (secondary N) is 2. The quantitative estimate of drug-likeness (QED) is 0.166. The molecule has 0 saturated heterocycles. The molecule has 0 aliphatic carbocycles. The number of aromatic nitrogens is 3. The van der Waals surface area contributed by atoms with E-state index in [-0.39, 0.29) is 24.0 Å². The second-order valence-electron chi connectivity index (χ2n) is 7.28. The highest BCUT2D eigenvalue weighted by molar-refractivity contribution is 14.0. The molecule has 3 aromatic rings. The van der Waals surface area contributed by atoms with Crippen LogP contribution in [-0.2, 0) is 19.4 Å². The van der Waals surface area contributed by atoms with Crippen LogP contribution in [0.2, 0.25) is 0 Å². The molecule has 2 N–H and O–H groups in total. The van der Waals surface area contributed by atoms with Gasteiger partial charge in [0.2, 0.25) is 0 Å². The van der Waals surface area contributed by atoms with E-state index in [0.29, 0.717) is 19.7 Å². The van der Waals surface area contributed by atoms with Crippen LogP contribution in [0.25, 0.3) is 0 Å². The van der Waals surface area contributed by atoms with Crippen molar-refractivity contribution in [2.75, 3.05) is 26.2 Å². The summed E-state index contributed by atoms with van der Waals surface area (Å²) in [6, 6.07) is 18.5. The fourth-order valence-corrected chi connectivity index (χ4v) is 3.12. The van der Waals surface area contributed by atoms with Gasteiger partial charge in [-0.25, -0.2) is 0 Å². The van der Waals surface area contributed by atoms with Crippen molar-refractivity contribution in [1.82, 2.24) is 25.4 Å². The third-order valence-corrected chi connectivity index (χ3v) is 4.85. The fourth-order valence-electron chi connectivity index (χ4n) is 3.12. The summed E-state index contributed by atoms with van der Waals surface area (Å²) in [6.07, 6.45) is 3.54. The molecule has 1 heterocycles. The first-order valence-electron chi connectivity index (χ1n) is 10.9. The summed E-state index contributed by atoms with van der Waals surface area (Å²) < 4.78 is 7.88. The van der Waals surface area contributed by atoms with Crippen LogP contribution in [0, 0.1) is 6.92 Å². The molecule has 0 amide bonds. The Labute approximate surface area is 207 Å². The van der Waals surface area contributed by atoms with Gasteiger partial charge in [-0.2, -0.15) is 0 Å². The molecule has 2 aromatic carbocycles. The molecule has 8 heteroatoms. The van der Waals surface area contributed by atoms with E-state index in [1.54, 1.807) is 6.33 Å². The van der Waals surface area contributed by atoms with Crippen molar-refractivity contribution in [2.24, 2.45) is 4.99 Å². The summed E-state index contributed by atoms with van der Waals surface area (Å²) in [5.74, 6) is 2.65. The van der Waals surface area contributed by atoms with Gasteiger partial charge in [0.1, 0.15) is 24.5 Å². The SMILES string of the molecule is CCc1nncn1CCNC(=NCCc1ccccc1)NCCOc1ccc(C)cc1.I. The fraction of sp³-hybridized carbons (Fsp3) is 0.375. The number of hydrogen-bond acceptors (Lipinski definition) is 4. The van der Waals surface area contributed by atoms with Crippen molar-refractivity contribution in [3.05, 3.63) is 77.9 Å². The number of ether oxygens (including phenoxy) is 1. The van der Waals surface area contributed by atoms with Gasteiger partial charge in [0, 0.05) is 26.1 Å². The summed E-state index contributed by atoms with van der Waals surface area (Å²) in [5, 5.41) is 14.9. The predicted molar refractivity (Wildman–Crippen MR) is 140 cm³/mol. The lowest BCUT2D eigenvalue weighted by atomic mass is 10.2. The summed E-state index contributed by atoms with van der Waals surface area (Å²) in [6.45, 7) is 7.62. The lowest BCUT2D eigenvalue weighted by Crippen LogP contribution is -2.41. The number of aliphatic imine (C=N–C) groups is 1. The highest BCUT2D eigenvalue weighted by Crippen LogP contribution is 2.10. The molecule has 0 bridgehead atoms. The van der Waals surface area contributed by atoms with Gasteiger partial charge in [0.15, 0.2) is 5.96 Å². The lowest BCUT2D eigenvalue weighted by Gasteiger charge is -2.14. The van der Waals surface area contributed by atoms with Gasteiger partial charge in [0.05, 0.1) is 6.54 Å². The predicted octanol–water partition coefficient (Wildman–Crippen LogP) is 3.62. The van der Waals surface area contributed by atoms with E-state index in [2.05, 4.69) is 75.6 Å². The Morgan fingerprint density at radius 3 is 2.53 bits per heavy atom. The Morgan fingerprint density at radius 2 is 1.78 bits per heavy atom. The van der Waals surface area contributed by atoms with Gasteiger partial charge in [0.25, 0.3) is 0 Å². The van der Waals surface area contributed by atoms with Gasteiger partial charge < -0.3 is 19.9 Å².